The van der Waals surface area contributed by atoms with E-state index in [1.54, 1.807) is 47.8 Å². The van der Waals surface area contributed by atoms with Crippen LogP contribution in [0.3, 0.4) is 0 Å². The molecule has 2 aromatic carbocycles. The van der Waals surface area contributed by atoms with Crippen LogP contribution in [0.1, 0.15) is 32.1 Å². The normalized spacial score (nSPS) is 10.5. The Morgan fingerprint density at radius 1 is 0.700 bits per heavy atom. The molecule has 0 N–H and O–H groups in total. The van der Waals surface area contributed by atoms with E-state index in [9.17, 15) is 9.59 Å². The Morgan fingerprint density at radius 2 is 1.10 bits per heavy atom. The number of hydrogen-bond donors (Lipinski definition) is 0. The number of ether oxygens (including phenoxy) is 2. The molecule has 1 heterocycles. The third-order valence-corrected chi connectivity index (χ3v) is 6.28. The van der Waals surface area contributed by atoms with Gasteiger partial charge < -0.3 is 9.47 Å². The van der Waals surface area contributed by atoms with E-state index in [-0.39, 0.29) is 11.9 Å². The Labute approximate surface area is 184 Å². The predicted octanol–water partition coefficient (Wildman–Crippen LogP) is 5.24. The van der Waals surface area contributed by atoms with E-state index in [4.69, 9.17) is 14.5 Å². The lowest BCUT2D eigenvalue weighted by Gasteiger charge is -2.06. The zero-order valence-electron chi connectivity index (χ0n) is 16.7. The second-order valence-corrected chi connectivity index (χ2v) is 8.33. The molecule has 0 aliphatic rings. The summed E-state index contributed by atoms with van der Waals surface area (Å²) in [6, 6.07) is 20.7. The molecule has 0 aliphatic heterocycles. The maximum atomic E-state index is 11.5. The van der Waals surface area contributed by atoms with Crippen molar-refractivity contribution in [3.8, 4) is 0 Å². The van der Waals surface area contributed by atoms with Crippen LogP contribution < -0.4 is 0 Å². The lowest BCUT2D eigenvalue weighted by atomic mass is 10.2. The summed E-state index contributed by atoms with van der Waals surface area (Å²) in [7, 11) is 2.75. The van der Waals surface area contributed by atoms with Crippen LogP contribution in [0.5, 0.6) is 0 Å². The van der Waals surface area contributed by atoms with Gasteiger partial charge >= 0.3 is 11.9 Å². The smallest absolute Gasteiger partial charge is 0.337 e. The van der Waals surface area contributed by atoms with Crippen LogP contribution >= 0.6 is 23.5 Å². The Balaban J connectivity index is 1.54. The number of esters is 2. The highest BCUT2D eigenvalue weighted by molar-refractivity contribution is 7.98. The second-order valence-electron chi connectivity index (χ2n) is 6.23. The first-order valence-corrected chi connectivity index (χ1v) is 11.1. The van der Waals surface area contributed by atoms with Crippen molar-refractivity contribution in [2.75, 3.05) is 14.2 Å². The maximum absolute atomic E-state index is 11.5. The van der Waals surface area contributed by atoms with Crippen LogP contribution in [0.2, 0.25) is 0 Å². The van der Waals surface area contributed by atoms with Crippen molar-refractivity contribution in [2.24, 2.45) is 0 Å². The fourth-order valence-corrected chi connectivity index (χ4v) is 4.22. The van der Waals surface area contributed by atoms with Crippen molar-refractivity contribution in [3.05, 3.63) is 89.2 Å². The lowest BCUT2D eigenvalue weighted by Crippen LogP contribution is -2.00. The average Bonchev–Trinajstić information content (AvgIpc) is 2.81. The molecule has 0 saturated heterocycles. The Kier molecular flexibility index (Phi) is 7.93. The molecule has 0 aliphatic carbocycles. The molecule has 0 atom stereocenters. The fourth-order valence-electron chi connectivity index (χ4n) is 2.61. The number of aromatic nitrogens is 1. The lowest BCUT2D eigenvalue weighted by molar-refractivity contribution is 0.0592. The van der Waals surface area contributed by atoms with Gasteiger partial charge in [-0.2, -0.15) is 0 Å². The summed E-state index contributed by atoms with van der Waals surface area (Å²) in [5.41, 5.74) is 3.07. The van der Waals surface area contributed by atoms with Gasteiger partial charge in [-0.15, -0.1) is 23.5 Å². The molecule has 0 amide bonds. The summed E-state index contributed by atoms with van der Waals surface area (Å²) >= 11 is 3.33. The molecule has 3 aromatic rings. The summed E-state index contributed by atoms with van der Waals surface area (Å²) in [6.45, 7) is 0. The summed E-state index contributed by atoms with van der Waals surface area (Å²) in [4.78, 5) is 29.9. The minimum atomic E-state index is -0.335. The monoisotopic (exact) mass is 439 g/mol. The van der Waals surface area contributed by atoms with Gasteiger partial charge in [0.1, 0.15) is 0 Å². The van der Waals surface area contributed by atoms with Gasteiger partial charge in [-0.3, -0.25) is 4.98 Å². The number of thioether (sulfide) groups is 2. The topological polar surface area (TPSA) is 65.5 Å². The number of methoxy groups -OCH3 is 2. The summed E-state index contributed by atoms with van der Waals surface area (Å²) < 4.78 is 9.43. The number of carbonyl (C=O) groups excluding carboxylic acids is 2. The first-order chi connectivity index (χ1) is 14.6. The molecule has 0 fully saturated rings. The minimum absolute atomic E-state index is 0.335. The van der Waals surface area contributed by atoms with Crippen LogP contribution in [0.4, 0.5) is 0 Å². The van der Waals surface area contributed by atoms with Crippen molar-refractivity contribution >= 4 is 35.5 Å². The molecule has 0 bridgehead atoms. The zero-order valence-corrected chi connectivity index (χ0v) is 18.3. The van der Waals surface area contributed by atoms with E-state index >= 15 is 0 Å². The average molecular weight is 440 g/mol. The molecule has 0 spiro atoms. The third-order valence-electron chi connectivity index (χ3n) is 4.19. The minimum Gasteiger partial charge on any atom is -0.465 e. The molecule has 30 heavy (non-hydrogen) atoms. The van der Waals surface area contributed by atoms with E-state index in [1.807, 2.05) is 42.5 Å². The maximum Gasteiger partial charge on any atom is 0.337 e. The number of nitrogens with zero attached hydrogens (tertiary/aromatic N) is 1. The zero-order chi connectivity index (χ0) is 21.3. The van der Waals surface area contributed by atoms with Crippen molar-refractivity contribution in [1.29, 1.82) is 0 Å². The molecule has 0 radical (unpaired) electrons. The van der Waals surface area contributed by atoms with Crippen molar-refractivity contribution < 1.29 is 19.1 Å². The van der Waals surface area contributed by atoms with Crippen molar-refractivity contribution in [3.63, 3.8) is 0 Å². The molecular weight excluding hydrogens is 418 g/mol. The Hall–Kier alpha value is -2.77. The van der Waals surface area contributed by atoms with Gasteiger partial charge in [-0.05, 0) is 60.7 Å². The largest absolute Gasteiger partial charge is 0.465 e. The van der Waals surface area contributed by atoms with Crippen molar-refractivity contribution in [1.82, 2.24) is 4.98 Å². The first-order valence-electron chi connectivity index (χ1n) is 9.16. The Morgan fingerprint density at radius 3 is 1.47 bits per heavy atom. The number of pyridine rings is 1. The molecule has 1 aromatic heterocycles. The van der Waals surface area contributed by atoms with Crippen molar-refractivity contribution in [2.45, 2.75) is 21.3 Å². The Bertz CT molecular complexity index is 926. The number of hydrogen-bond acceptors (Lipinski definition) is 7. The molecule has 7 heteroatoms. The number of rotatable bonds is 8. The van der Waals surface area contributed by atoms with Crippen LogP contribution in [-0.2, 0) is 21.0 Å². The molecule has 0 unspecified atom stereocenters. The second kappa shape index (κ2) is 10.8. The summed E-state index contributed by atoms with van der Waals surface area (Å²) in [5.74, 6) is 0.810. The SMILES string of the molecule is COC(=O)c1ccc(SCc2cccc(CSc3ccc(C(=O)OC)cc3)n2)cc1. The molecule has 3 rings (SSSR count). The highest BCUT2D eigenvalue weighted by Crippen LogP contribution is 2.25. The van der Waals surface area contributed by atoms with E-state index in [0.717, 1.165) is 32.7 Å². The van der Waals surface area contributed by atoms with Crippen LogP contribution in [0.25, 0.3) is 0 Å². The van der Waals surface area contributed by atoms with Gasteiger partial charge in [0, 0.05) is 21.3 Å². The summed E-state index contributed by atoms with van der Waals surface area (Å²) in [6.07, 6.45) is 0. The van der Waals surface area contributed by atoms with Gasteiger partial charge in [0.15, 0.2) is 0 Å². The standard InChI is InChI=1S/C23H21NO4S2/c1-27-22(25)16-6-10-20(11-7-16)29-14-18-4-3-5-19(24-18)15-30-21-12-8-17(9-13-21)23(26)28-2/h3-13H,14-15H2,1-2H3. The van der Waals surface area contributed by atoms with E-state index in [2.05, 4.69) is 0 Å². The van der Waals surface area contributed by atoms with Gasteiger partial charge in [-0.25, -0.2) is 9.59 Å². The highest BCUT2D eigenvalue weighted by atomic mass is 32.2. The van der Waals surface area contributed by atoms with Gasteiger partial charge in [0.05, 0.1) is 36.7 Å². The van der Waals surface area contributed by atoms with E-state index in [0.29, 0.717) is 11.1 Å². The number of benzene rings is 2. The third kappa shape index (κ3) is 6.11. The summed E-state index contributed by atoms with van der Waals surface area (Å²) in [5, 5.41) is 0. The molecular formula is C23H21NO4S2. The van der Waals surface area contributed by atoms with Crippen LogP contribution in [0.15, 0.2) is 76.5 Å². The quantitative estimate of drug-likeness (QED) is 0.351. The molecule has 0 saturated carbocycles. The predicted molar refractivity (Wildman–Crippen MR) is 119 cm³/mol. The molecule has 5 nitrogen and oxygen atoms in total. The number of carbonyl (C=O) groups is 2. The van der Waals surface area contributed by atoms with Crippen LogP contribution in [0, 0.1) is 0 Å². The first kappa shape index (κ1) is 21.9. The highest BCUT2D eigenvalue weighted by Gasteiger charge is 2.07. The van der Waals surface area contributed by atoms with Gasteiger partial charge in [-0.1, -0.05) is 6.07 Å². The van der Waals surface area contributed by atoms with Gasteiger partial charge in [0.2, 0.25) is 0 Å². The van der Waals surface area contributed by atoms with Gasteiger partial charge in [0.25, 0.3) is 0 Å². The van der Waals surface area contributed by atoms with E-state index < -0.39 is 0 Å². The van der Waals surface area contributed by atoms with E-state index in [1.165, 1.54) is 14.2 Å². The molecule has 154 valence electrons. The van der Waals surface area contributed by atoms with Crippen LogP contribution in [-0.4, -0.2) is 31.1 Å². The fraction of sp³-hybridized carbons (Fsp3) is 0.174.